The molecule has 4 aromatic rings. The molecule has 4 rings (SSSR count). The first-order chi connectivity index (χ1) is 16.5. The minimum Gasteiger partial charge on any atom is -0.383 e. The Morgan fingerprint density at radius 1 is 1.00 bits per heavy atom. The third kappa shape index (κ3) is 5.11. The number of para-hydroxylation sites is 1. The molecule has 2 N–H and O–H groups in total. The third-order valence-electron chi connectivity index (χ3n) is 5.00. The standard InChI is InChI=1S/C24H20ClN5O4/c1-34-13-12-30-22(31)11-10-20(29-30)24(33)28-27-23(32)18-14-21(15-6-8-16(25)9-7-15)26-19-5-3-2-4-17(18)19/h2-11,14H,12-13H2,1H3,(H,27,32)(H,28,33). The van der Waals surface area contributed by atoms with Crippen molar-refractivity contribution in [1.82, 2.24) is 25.6 Å². The monoisotopic (exact) mass is 477 g/mol. The SMILES string of the molecule is COCCn1nc(C(=O)NNC(=O)c2cc(-c3ccc(Cl)cc3)nc3ccccc23)ccc1=O. The summed E-state index contributed by atoms with van der Waals surface area (Å²) in [5.74, 6) is -1.20. The molecule has 2 heterocycles. The molecule has 0 spiro atoms. The number of nitrogens with one attached hydrogen (secondary N) is 2. The van der Waals surface area contributed by atoms with E-state index in [2.05, 4.69) is 20.9 Å². The van der Waals surface area contributed by atoms with E-state index in [1.165, 1.54) is 19.2 Å². The van der Waals surface area contributed by atoms with Gasteiger partial charge in [0, 0.05) is 29.1 Å². The smallest absolute Gasteiger partial charge is 0.290 e. The van der Waals surface area contributed by atoms with Gasteiger partial charge >= 0.3 is 0 Å². The average Bonchev–Trinajstić information content (AvgIpc) is 2.86. The fraction of sp³-hybridized carbons (Fsp3) is 0.125. The third-order valence-corrected chi connectivity index (χ3v) is 5.25. The lowest BCUT2D eigenvalue weighted by atomic mass is 10.0. The van der Waals surface area contributed by atoms with Crippen LogP contribution < -0.4 is 16.4 Å². The van der Waals surface area contributed by atoms with Crippen LogP contribution in [0.5, 0.6) is 0 Å². The van der Waals surface area contributed by atoms with E-state index < -0.39 is 11.8 Å². The van der Waals surface area contributed by atoms with Crippen molar-refractivity contribution in [2.75, 3.05) is 13.7 Å². The highest BCUT2D eigenvalue weighted by Crippen LogP contribution is 2.25. The van der Waals surface area contributed by atoms with E-state index in [1.807, 2.05) is 18.2 Å². The normalized spacial score (nSPS) is 10.8. The number of amides is 2. The Bertz CT molecular complexity index is 1420. The molecular formula is C24H20ClN5O4. The first-order valence-electron chi connectivity index (χ1n) is 10.3. The lowest BCUT2D eigenvalue weighted by Crippen LogP contribution is -2.42. The molecule has 0 unspecified atom stereocenters. The van der Waals surface area contributed by atoms with Crippen LogP contribution in [0, 0.1) is 0 Å². The zero-order valence-electron chi connectivity index (χ0n) is 18.1. The van der Waals surface area contributed by atoms with Gasteiger partial charge in [0.25, 0.3) is 17.4 Å². The van der Waals surface area contributed by atoms with Gasteiger partial charge in [-0.1, -0.05) is 41.9 Å². The molecule has 0 aliphatic heterocycles. The number of hydrogen-bond donors (Lipinski definition) is 2. The summed E-state index contributed by atoms with van der Waals surface area (Å²) in [6.45, 7) is 0.457. The summed E-state index contributed by atoms with van der Waals surface area (Å²) in [7, 11) is 1.50. The van der Waals surface area contributed by atoms with E-state index in [1.54, 1.807) is 36.4 Å². The van der Waals surface area contributed by atoms with Crippen LogP contribution in [0.15, 0.2) is 71.5 Å². The van der Waals surface area contributed by atoms with Crippen LogP contribution >= 0.6 is 11.6 Å². The number of carbonyl (C=O) groups is 2. The molecule has 0 fully saturated rings. The minimum atomic E-state index is -0.671. The molecule has 34 heavy (non-hydrogen) atoms. The van der Waals surface area contributed by atoms with Gasteiger partial charge < -0.3 is 4.74 Å². The summed E-state index contributed by atoms with van der Waals surface area (Å²) in [6.07, 6.45) is 0. The molecule has 172 valence electrons. The number of nitrogens with zero attached hydrogens (tertiary/aromatic N) is 3. The van der Waals surface area contributed by atoms with Gasteiger partial charge in [0.15, 0.2) is 5.69 Å². The summed E-state index contributed by atoms with van der Waals surface area (Å²) in [4.78, 5) is 42.1. The predicted octanol–water partition coefficient (Wildman–Crippen LogP) is 2.83. The fourth-order valence-electron chi connectivity index (χ4n) is 3.28. The Morgan fingerprint density at radius 2 is 1.74 bits per heavy atom. The number of carbonyl (C=O) groups excluding carboxylic acids is 2. The number of aromatic nitrogens is 3. The van der Waals surface area contributed by atoms with E-state index in [9.17, 15) is 14.4 Å². The van der Waals surface area contributed by atoms with Crippen LogP contribution in [0.2, 0.25) is 5.02 Å². The Hall–Kier alpha value is -4.08. The Kier molecular flexibility index (Phi) is 6.95. The molecule has 9 nitrogen and oxygen atoms in total. The summed E-state index contributed by atoms with van der Waals surface area (Å²) in [5.41, 5.74) is 6.69. The molecule has 0 radical (unpaired) electrons. The molecule has 0 saturated heterocycles. The molecule has 2 aromatic heterocycles. The van der Waals surface area contributed by atoms with Crippen molar-refractivity contribution in [3.63, 3.8) is 0 Å². The topological polar surface area (TPSA) is 115 Å². The predicted molar refractivity (Wildman–Crippen MR) is 127 cm³/mol. The van der Waals surface area contributed by atoms with Crippen molar-refractivity contribution >= 4 is 34.3 Å². The van der Waals surface area contributed by atoms with Crippen LogP contribution in [0.25, 0.3) is 22.2 Å². The molecule has 0 aliphatic carbocycles. The maximum atomic E-state index is 13.0. The van der Waals surface area contributed by atoms with Crippen molar-refractivity contribution in [3.8, 4) is 11.3 Å². The van der Waals surface area contributed by atoms with Crippen molar-refractivity contribution in [3.05, 3.63) is 93.4 Å². The second kappa shape index (κ2) is 10.2. The van der Waals surface area contributed by atoms with Gasteiger partial charge in [-0.25, -0.2) is 9.67 Å². The average molecular weight is 478 g/mol. The van der Waals surface area contributed by atoms with E-state index in [0.717, 1.165) is 10.2 Å². The van der Waals surface area contributed by atoms with Crippen molar-refractivity contribution in [1.29, 1.82) is 0 Å². The lowest BCUT2D eigenvalue weighted by Gasteiger charge is -2.12. The van der Waals surface area contributed by atoms with E-state index in [4.69, 9.17) is 16.3 Å². The second-order valence-electron chi connectivity index (χ2n) is 7.26. The van der Waals surface area contributed by atoms with Gasteiger partial charge in [-0.05, 0) is 30.3 Å². The highest BCUT2D eigenvalue weighted by atomic mass is 35.5. The minimum absolute atomic E-state index is 0.0301. The largest absolute Gasteiger partial charge is 0.383 e. The van der Waals surface area contributed by atoms with Crippen LogP contribution in [0.4, 0.5) is 0 Å². The molecule has 2 aromatic carbocycles. The Morgan fingerprint density at radius 3 is 2.50 bits per heavy atom. The van der Waals surface area contributed by atoms with Gasteiger partial charge in [0.05, 0.1) is 29.9 Å². The molecule has 2 amide bonds. The summed E-state index contributed by atoms with van der Waals surface area (Å²) < 4.78 is 6.06. The number of hydrazine groups is 1. The van der Waals surface area contributed by atoms with Gasteiger partial charge in [-0.3, -0.25) is 25.2 Å². The number of methoxy groups -OCH3 is 1. The Labute approximate surface area is 199 Å². The van der Waals surface area contributed by atoms with E-state index >= 15 is 0 Å². The molecule has 0 saturated carbocycles. The Balaban J connectivity index is 1.58. The number of hydrogen-bond acceptors (Lipinski definition) is 6. The maximum Gasteiger partial charge on any atom is 0.290 e. The molecule has 0 aliphatic rings. The van der Waals surface area contributed by atoms with Crippen LogP contribution in [0.1, 0.15) is 20.8 Å². The van der Waals surface area contributed by atoms with Crippen LogP contribution in [-0.4, -0.2) is 40.3 Å². The number of pyridine rings is 1. The van der Waals surface area contributed by atoms with Gasteiger partial charge in [-0.15, -0.1) is 0 Å². The maximum absolute atomic E-state index is 13.0. The molecule has 10 heteroatoms. The zero-order valence-corrected chi connectivity index (χ0v) is 18.9. The number of halogens is 1. The number of rotatable bonds is 6. The quantitative estimate of drug-likeness (QED) is 0.413. The van der Waals surface area contributed by atoms with Crippen LogP contribution in [0.3, 0.4) is 0 Å². The van der Waals surface area contributed by atoms with Crippen molar-refractivity contribution in [2.45, 2.75) is 6.54 Å². The van der Waals surface area contributed by atoms with Gasteiger partial charge in [-0.2, -0.15) is 5.10 Å². The zero-order chi connectivity index (χ0) is 24.1. The van der Waals surface area contributed by atoms with Gasteiger partial charge in [0.2, 0.25) is 0 Å². The lowest BCUT2D eigenvalue weighted by molar-refractivity contribution is 0.0843. The first kappa shape index (κ1) is 23.1. The molecule has 0 bridgehead atoms. The highest BCUT2D eigenvalue weighted by Gasteiger charge is 2.16. The van der Waals surface area contributed by atoms with Gasteiger partial charge in [0.1, 0.15) is 0 Å². The van der Waals surface area contributed by atoms with E-state index in [0.29, 0.717) is 27.2 Å². The summed E-state index contributed by atoms with van der Waals surface area (Å²) >= 11 is 5.99. The number of ether oxygens (including phenoxy) is 1. The summed E-state index contributed by atoms with van der Waals surface area (Å²) in [5, 5.41) is 5.22. The second-order valence-corrected chi connectivity index (χ2v) is 7.70. The fourth-order valence-corrected chi connectivity index (χ4v) is 3.41. The number of benzene rings is 2. The van der Waals surface area contributed by atoms with E-state index in [-0.39, 0.29) is 24.4 Å². The summed E-state index contributed by atoms with van der Waals surface area (Å²) in [6, 6.07) is 18.5. The highest BCUT2D eigenvalue weighted by molar-refractivity contribution is 6.30. The molecular weight excluding hydrogens is 458 g/mol. The van der Waals surface area contributed by atoms with Crippen molar-refractivity contribution < 1.29 is 14.3 Å². The molecule has 0 atom stereocenters. The van der Waals surface area contributed by atoms with Crippen molar-refractivity contribution in [2.24, 2.45) is 0 Å². The first-order valence-corrected chi connectivity index (χ1v) is 10.7. The number of fused-ring (bicyclic) bond motifs is 1. The van der Waals surface area contributed by atoms with Crippen LogP contribution in [-0.2, 0) is 11.3 Å².